The van der Waals surface area contributed by atoms with Gasteiger partial charge in [-0.1, -0.05) is 49.0 Å². The van der Waals surface area contributed by atoms with Crippen molar-refractivity contribution in [3.8, 4) is 0 Å². The first-order valence-electron chi connectivity index (χ1n) is 7.36. The molecule has 1 aromatic carbocycles. The summed E-state index contributed by atoms with van der Waals surface area (Å²) in [5, 5.41) is 4.99. The predicted octanol–water partition coefficient (Wildman–Crippen LogP) is 5.09. The van der Waals surface area contributed by atoms with E-state index in [1.807, 2.05) is 12.1 Å². The molecule has 1 aliphatic carbocycles. The molecule has 106 valence electrons. The van der Waals surface area contributed by atoms with Crippen LogP contribution in [-0.2, 0) is 6.42 Å². The van der Waals surface area contributed by atoms with Crippen LogP contribution >= 0.6 is 23.2 Å². The minimum atomic E-state index is 0.650. The number of rotatable bonds is 5. The van der Waals surface area contributed by atoms with E-state index < -0.39 is 0 Å². The molecule has 2 atom stereocenters. The van der Waals surface area contributed by atoms with Crippen LogP contribution in [-0.4, -0.2) is 12.6 Å². The van der Waals surface area contributed by atoms with Gasteiger partial charge in [0.1, 0.15) is 0 Å². The third kappa shape index (κ3) is 4.66. The normalized spacial score (nSPS) is 23.5. The van der Waals surface area contributed by atoms with Gasteiger partial charge in [0.05, 0.1) is 10.0 Å². The Hall–Kier alpha value is -0.240. The summed E-state index contributed by atoms with van der Waals surface area (Å²) in [7, 11) is 0. The fraction of sp³-hybridized carbons (Fsp3) is 0.625. The smallest absolute Gasteiger partial charge is 0.0595 e. The summed E-state index contributed by atoms with van der Waals surface area (Å²) in [6.07, 6.45) is 7.64. The molecule has 2 unspecified atom stereocenters. The van der Waals surface area contributed by atoms with Crippen molar-refractivity contribution in [1.29, 1.82) is 0 Å². The average Bonchev–Trinajstić information content (AvgIpc) is 2.41. The largest absolute Gasteiger partial charge is 0.314 e. The van der Waals surface area contributed by atoms with Crippen LogP contribution in [0.5, 0.6) is 0 Å². The van der Waals surface area contributed by atoms with E-state index in [1.54, 1.807) is 0 Å². The van der Waals surface area contributed by atoms with Crippen molar-refractivity contribution in [3.63, 3.8) is 0 Å². The Morgan fingerprint density at radius 3 is 2.79 bits per heavy atom. The monoisotopic (exact) mass is 299 g/mol. The van der Waals surface area contributed by atoms with E-state index in [0.29, 0.717) is 16.1 Å². The summed E-state index contributed by atoms with van der Waals surface area (Å²) < 4.78 is 0. The first kappa shape index (κ1) is 15.2. The Balaban J connectivity index is 1.89. The van der Waals surface area contributed by atoms with Crippen molar-refractivity contribution in [3.05, 3.63) is 33.8 Å². The van der Waals surface area contributed by atoms with E-state index in [2.05, 4.69) is 18.3 Å². The Bertz CT molecular complexity index is 406. The first-order valence-corrected chi connectivity index (χ1v) is 8.12. The highest BCUT2D eigenvalue weighted by molar-refractivity contribution is 6.42. The quantitative estimate of drug-likeness (QED) is 0.798. The summed E-state index contributed by atoms with van der Waals surface area (Å²) >= 11 is 12.0. The Morgan fingerprint density at radius 1 is 1.21 bits per heavy atom. The van der Waals surface area contributed by atoms with Crippen LogP contribution in [0, 0.1) is 5.92 Å². The topological polar surface area (TPSA) is 12.0 Å². The zero-order valence-corrected chi connectivity index (χ0v) is 13.1. The summed E-state index contributed by atoms with van der Waals surface area (Å²) in [5.41, 5.74) is 1.32. The molecular formula is C16H23Cl2N. The van der Waals surface area contributed by atoms with Crippen LogP contribution in [0.4, 0.5) is 0 Å². The van der Waals surface area contributed by atoms with E-state index in [9.17, 15) is 0 Å². The molecule has 1 nitrogen and oxygen atoms in total. The third-order valence-electron chi connectivity index (χ3n) is 3.97. The van der Waals surface area contributed by atoms with E-state index in [4.69, 9.17) is 23.2 Å². The molecule has 1 N–H and O–H groups in total. The van der Waals surface area contributed by atoms with Gasteiger partial charge in [-0.3, -0.25) is 0 Å². The number of hydrogen-bond donors (Lipinski definition) is 1. The van der Waals surface area contributed by atoms with Gasteiger partial charge in [-0.05, 0) is 55.8 Å². The maximum atomic E-state index is 6.08. The van der Waals surface area contributed by atoms with Crippen molar-refractivity contribution in [2.24, 2.45) is 5.92 Å². The van der Waals surface area contributed by atoms with Crippen LogP contribution in [0.15, 0.2) is 18.2 Å². The molecule has 0 heterocycles. The maximum Gasteiger partial charge on any atom is 0.0595 e. The van der Waals surface area contributed by atoms with Crippen molar-refractivity contribution in [2.75, 3.05) is 6.54 Å². The van der Waals surface area contributed by atoms with Gasteiger partial charge < -0.3 is 5.32 Å². The molecule has 0 aromatic heterocycles. The van der Waals surface area contributed by atoms with Gasteiger partial charge in [-0.15, -0.1) is 0 Å². The molecular weight excluding hydrogens is 277 g/mol. The Morgan fingerprint density at radius 2 is 2.05 bits per heavy atom. The lowest BCUT2D eigenvalue weighted by atomic mass is 9.82. The van der Waals surface area contributed by atoms with E-state index >= 15 is 0 Å². The molecule has 0 spiro atoms. The molecule has 0 radical (unpaired) electrons. The molecule has 1 fully saturated rings. The molecule has 0 bridgehead atoms. The lowest BCUT2D eigenvalue weighted by molar-refractivity contribution is 0.284. The predicted molar refractivity (Wildman–Crippen MR) is 84.2 cm³/mol. The fourth-order valence-corrected chi connectivity index (χ4v) is 3.33. The number of hydrogen-bond acceptors (Lipinski definition) is 1. The summed E-state index contributed by atoms with van der Waals surface area (Å²) in [6, 6.07) is 6.75. The molecule has 1 saturated carbocycles. The minimum absolute atomic E-state index is 0.650. The molecule has 0 amide bonds. The summed E-state index contributed by atoms with van der Waals surface area (Å²) in [5.74, 6) is 0.778. The van der Waals surface area contributed by atoms with Gasteiger partial charge in [0.15, 0.2) is 0 Å². The van der Waals surface area contributed by atoms with Crippen LogP contribution in [0.2, 0.25) is 10.0 Å². The lowest BCUT2D eigenvalue weighted by Crippen LogP contribution is -2.35. The summed E-state index contributed by atoms with van der Waals surface area (Å²) in [6.45, 7) is 3.37. The van der Waals surface area contributed by atoms with Gasteiger partial charge in [-0.2, -0.15) is 0 Å². The molecule has 0 aliphatic heterocycles. The van der Waals surface area contributed by atoms with Crippen molar-refractivity contribution >= 4 is 23.2 Å². The van der Waals surface area contributed by atoms with E-state index in [-0.39, 0.29) is 0 Å². The molecule has 19 heavy (non-hydrogen) atoms. The van der Waals surface area contributed by atoms with Gasteiger partial charge >= 0.3 is 0 Å². The average molecular weight is 300 g/mol. The Labute approximate surface area is 126 Å². The molecule has 2 rings (SSSR count). The zero-order chi connectivity index (χ0) is 13.7. The summed E-state index contributed by atoms with van der Waals surface area (Å²) in [4.78, 5) is 0. The van der Waals surface area contributed by atoms with Crippen molar-refractivity contribution < 1.29 is 0 Å². The highest BCUT2D eigenvalue weighted by atomic mass is 35.5. The molecule has 3 heteroatoms. The lowest BCUT2D eigenvalue weighted by Gasteiger charge is -2.30. The van der Waals surface area contributed by atoms with Crippen LogP contribution in [0.1, 0.15) is 44.6 Å². The molecule has 1 aromatic rings. The van der Waals surface area contributed by atoms with Gasteiger partial charge in [0, 0.05) is 6.04 Å². The van der Waals surface area contributed by atoms with Gasteiger partial charge in [-0.25, -0.2) is 0 Å². The van der Waals surface area contributed by atoms with Gasteiger partial charge in [0.2, 0.25) is 0 Å². The second-order valence-electron chi connectivity index (χ2n) is 5.64. The highest BCUT2D eigenvalue weighted by Crippen LogP contribution is 2.29. The third-order valence-corrected chi connectivity index (χ3v) is 4.71. The number of halogens is 2. The van der Waals surface area contributed by atoms with Crippen LogP contribution in [0.3, 0.4) is 0 Å². The molecule has 1 aliphatic rings. The van der Waals surface area contributed by atoms with Crippen LogP contribution in [0.25, 0.3) is 0 Å². The second kappa shape index (κ2) is 7.52. The number of benzene rings is 1. The highest BCUT2D eigenvalue weighted by Gasteiger charge is 2.21. The van der Waals surface area contributed by atoms with Crippen molar-refractivity contribution in [1.82, 2.24) is 5.32 Å². The SMILES string of the molecule is CCCNC1CCCC(Cc2ccc(Cl)c(Cl)c2)C1. The van der Waals surface area contributed by atoms with E-state index in [0.717, 1.165) is 18.9 Å². The van der Waals surface area contributed by atoms with Crippen molar-refractivity contribution in [2.45, 2.75) is 51.5 Å². The standard InChI is InChI=1S/C16H23Cl2N/c1-2-8-19-14-5-3-4-12(10-14)9-13-6-7-15(17)16(18)11-13/h6-7,11-12,14,19H,2-5,8-10H2,1H3. The fourth-order valence-electron chi connectivity index (χ4n) is 3.01. The second-order valence-corrected chi connectivity index (χ2v) is 6.45. The van der Waals surface area contributed by atoms with Crippen LogP contribution < -0.4 is 5.32 Å². The minimum Gasteiger partial charge on any atom is -0.314 e. The Kier molecular flexibility index (Phi) is 6.00. The number of nitrogens with one attached hydrogen (secondary N) is 1. The van der Waals surface area contributed by atoms with E-state index in [1.165, 1.54) is 37.7 Å². The zero-order valence-electron chi connectivity index (χ0n) is 11.6. The maximum absolute atomic E-state index is 6.08. The first-order chi connectivity index (χ1) is 9.19. The van der Waals surface area contributed by atoms with Gasteiger partial charge in [0.25, 0.3) is 0 Å². The molecule has 0 saturated heterocycles.